The maximum absolute atomic E-state index is 6.29. The van der Waals surface area contributed by atoms with Gasteiger partial charge in [0.25, 0.3) is 0 Å². The molecule has 1 N–H and O–H groups in total. The van der Waals surface area contributed by atoms with Crippen LogP contribution in [0.15, 0.2) is 36.4 Å². The van der Waals surface area contributed by atoms with E-state index in [0.29, 0.717) is 41.3 Å². The van der Waals surface area contributed by atoms with Gasteiger partial charge in [0.2, 0.25) is 0 Å². The zero-order valence-corrected chi connectivity index (χ0v) is 14.2. The van der Waals surface area contributed by atoms with E-state index in [4.69, 9.17) is 32.7 Å². The lowest BCUT2D eigenvalue weighted by molar-refractivity contribution is 0.269. The molecule has 2 rings (SSSR count). The Morgan fingerprint density at radius 1 is 1.05 bits per heavy atom. The molecule has 0 spiro atoms. The van der Waals surface area contributed by atoms with Crippen LogP contribution in [0, 0.1) is 0 Å². The summed E-state index contributed by atoms with van der Waals surface area (Å²) < 4.78 is 11.5. The highest BCUT2D eigenvalue weighted by Gasteiger charge is 2.11. The Kier molecular flexibility index (Phi) is 6.37. The van der Waals surface area contributed by atoms with Gasteiger partial charge in [0.05, 0.1) is 6.61 Å². The smallest absolute Gasteiger partial charge is 0.163 e. The second kappa shape index (κ2) is 8.28. The lowest BCUT2D eigenvalue weighted by Crippen LogP contribution is -2.07. The fourth-order valence-electron chi connectivity index (χ4n) is 2.07. The van der Waals surface area contributed by atoms with Gasteiger partial charge in [-0.3, -0.25) is 0 Å². The summed E-state index contributed by atoms with van der Waals surface area (Å²) in [6.07, 6.45) is 0. The number of halogens is 2. The van der Waals surface area contributed by atoms with Crippen LogP contribution in [-0.2, 0) is 13.2 Å². The molecule has 0 amide bonds. The predicted molar refractivity (Wildman–Crippen MR) is 91.2 cm³/mol. The predicted octanol–water partition coefficient (Wildman–Crippen LogP) is 4.69. The summed E-state index contributed by atoms with van der Waals surface area (Å²) in [4.78, 5) is 0. The minimum absolute atomic E-state index is 0.405. The Hall–Kier alpha value is -1.42. The maximum Gasteiger partial charge on any atom is 0.163 e. The molecule has 0 saturated heterocycles. The molecule has 0 aliphatic heterocycles. The number of hydrogen-bond acceptors (Lipinski definition) is 3. The summed E-state index contributed by atoms with van der Waals surface area (Å²) in [6, 6.07) is 11.3. The highest BCUT2D eigenvalue weighted by Crippen LogP contribution is 2.34. The van der Waals surface area contributed by atoms with Gasteiger partial charge in [0.15, 0.2) is 11.5 Å². The first-order chi connectivity index (χ1) is 10.6. The lowest BCUT2D eigenvalue weighted by Gasteiger charge is -2.15. The average Bonchev–Trinajstić information content (AvgIpc) is 2.49. The van der Waals surface area contributed by atoms with Crippen molar-refractivity contribution in [1.82, 2.24) is 5.32 Å². The molecule has 0 aromatic heterocycles. The Labute approximate surface area is 141 Å². The Morgan fingerprint density at radius 3 is 2.50 bits per heavy atom. The topological polar surface area (TPSA) is 30.5 Å². The van der Waals surface area contributed by atoms with Crippen molar-refractivity contribution in [2.75, 3.05) is 13.7 Å². The van der Waals surface area contributed by atoms with E-state index in [9.17, 15) is 0 Å². The van der Waals surface area contributed by atoms with Crippen LogP contribution >= 0.6 is 23.2 Å². The van der Waals surface area contributed by atoms with Crippen molar-refractivity contribution in [3.8, 4) is 11.5 Å². The van der Waals surface area contributed by atoms with Crippen LogP contribution in [0.1, 0.15) is 18.1 Å². The molecule has 0 radical (unpaired) electrons. The number of nitrogens with one attached hydrogen (secondary N) is 1. The third-order valence-corrected chi connectivity index (χ3v) is 3.65. The van der Waals surface area contributed by atoms with Crippen molar-refractivity contribution in [3.63, 3.8) is 0 Å². The fourth-order valence-corrected chi connectivity index (χ4v) is 2.51. The van der Waals surface area contributed by atoms with Crippen molar-refractivity contribution in [2.45, 2.75) is 20.1 Å². The molecule has 0 saturated carbocycles. The summed E-state index contributed by atoms with van der Waals surface area (Å²) in [5.41, 5.74) is 1.97. The normalized spacial score (nSPS) is 10.5. The molecule has 2 aromatic carbocycles. The second-order valence-corrected chi connectivity index (χ2v) is 5.62. The Bertz CT molecular complexity index is 632. The van der Waals surface area contributed by atoms with E-state index in [1.165, 1.54) is 0 Å². The summed E-state index contributed by atoms with van der Waals surface area (Å²) in [5, 5.41) is 4.42. The van der Waals surface area contributed by atoms with Gasteiger partial charge < -0.3 is 14.8 Å². The highest BCUT2D eigenvalue weighted by atomic mass is 35.5. The van der Waals surface area contributed by atoms with Crippen LogP contribution in [0.2, 0.25) is 10.0 Å². The molecule has 0 bridgehead atoms. The van der Waals surface area contributed by atoms with Crippen molar-refractivity contribution in [1.29, 1.82) is 0 Å². The summed E-state index contributed by atoms with van der Waals surface area (Å²) in [6.45, 7) is 3.58. The zero-order valence-electron chi connectivity index (χ0n) is 12.7. The van der Waals surface area contributed by atoms with Crippen LogP contribution in [-0.4, -0.2) is 13.7 Å². The third-order valence-electron chi connectivity index (χ3n) is 3.06. The number of rotatable bonds is 7. The summed E-state index contributed by atoms with van der Waals surface area (Å²) in [7, 11) is 1.88. The van der Waals surface area contributed by atoms with E-state index in [1.807, 2.05) is 44.3 Å². The molecule has 0 atom stereocenters. The minimum Gasteiger partial charge on any atom is -0.490 e. The molecule has 5 heteroatoms. The van der Waals surface area contributed by atoms with E-state index in [2.05, 4.69) is 5.32 Å². The molecule has 22 heavy (non-hydrogen) atoms. The van der Waals surface area contributed by atoms with E-state index in [-0.39, 0.29) is 0 Å². The molecule has 118 valence electrons. The zero-order chi connectivity index (χ0) is 15.9. The van der Waals surface area contributed by atoms with Crippen LogP contribution < -0.4 is 14.8 Å². The van der Waals surface area contributed by atoms with Gasteiger partial charge in [-0.05, 0) is 43.3 Å². The van der Waals surface area contributed by atoms with E-state index in [0.717, 1.165) is 11.1 Å². The number of benzene rings is 2. The number of ether oxygens (including phenoxy) is 2. The van der Waals surface area contributed by atoms with Gasteiger partial charge >= 0.3 is 0 Å². The molecule has 0 unspecified atom stereocenters. The molecule has 0 heterocycles. The maximum atomic E-state index is 6.29. The van der Waals surface area contributed by atoms with Crippen molar-refractivity contribution < 1.29 is 9.47 Å². The quantitative estimate of drug-likeness (QED) is 0.793. The Balaban J connectivity index is 2.19. The largest absolute Gasteiger partial charge is 0.490 e. The first-order valence-electron chi connectivity index (χ1n) is 7.11. The van der Waals surface area contributed by atoms with Gasteiger partial charge in [0, 0.05) is 22.7 Å². The number of hydrogen-bond donors (Lipinski definition) is 1. The van der Waals surface area contributed by atoms with Gasteiger partial charge in [-0.2, -0.15) is 0 Å². The van der Waals surface area contributed by atoms with Gasteiger partial charge in [0.1, 0.15) is 6.61 Å². The molecule has 3 nitrogen and oxygen atoms in total. The van der Waals surface area contributed by atoms with Gasteiger partial charge in [-0.1, -0.05) is 35.3 Å². The monoisotopic (exact) mass is 339 g/mol. The summed E-state index contributed by atoms with van der Waals surface area (Å²) >= 11 is 12.3. The highest BCUT2D eigenvalue weighted by molar-refractivity contribution is 6.31. The molecular weight excluding hydrogens is 321 g/mol. The first-order valence-corrected chi connectivity index (χ1v) is 7.86. The fraction of sp³-hybridized carbons (Fsp3) is 0.294. The van der Waals surface area contributed by atoms with Gasteiger partial charge in [-0.25, -0.2) is 0 Å². The molecule has 0 aliphatic rings. The summed E-state index contributed by atoms with van der Waals surface area (Å²) in [5.74, 6) is 1.32. The SMILES string of the molecule is CCOc1cc(CNC)c(Cl)cc1OCc1cccc(Cl)c1. The molecule has 0 aliphatic carbocycles. The Morgan fingerprint density at radius 2 is 1.82 bits per heavy atom. The lowest BCUT2D eigenvalue weighted by atomic mass is 10.2. The minimum atomic E-state index is 0.405. The van der Waals surface area contributed by atoms with Crippen LogP contribution in [0.5, 0.6) is 11.5 Å². The molecular formula is C17H19Cl2NO2. The molecule has 2 aromatic rings. The average molecular weight is 340 g/mol. The van der Waals surface area contributed by atoms with Crippen molar-refractivity contribution >= 4 is 23.2 Å². The molecule has 0 fully saturated rings. The van der Waals surface area contributed by atoms with Crippen LogP contribution in [0.4, 0.5) is 0 Å². The van der Waals surface area contributed by atoms with E-state index < -0.39 is 0 Å². The first kappa shape index (κ1) is 16.9. The second-order valence-electron chi connectivity index (χ2n) is 4.77. The van der Waals surface area contributed by atoms with Gasteiger partial charge in [-0.15, -0.1) is 0 Å². The van der Waals surface area contributed by atoms with Crippen LogP contribution in [0.25, 0.3) is 0 Å². The van der Waals surface area contributed by atoms with Crippen LogP contribution in [0.3, 0.4) is 0 Å². The standard InChI is InChI=1S/C17H19Cl2NO2/c1-3-21-16-8-13(10-20-2)15(19)9-17(16)22-11-12-5-4-6-14(18)7-12/h4-9,20H,3,10-11H2,1-2H3. The van der Waals surface area contributed by atoms with E-state index in [1.54, 1.807) is 6.07 Å². The van der Waals surface area contributed by atoms with E-state index >= 15 is 0 Å². The van der Waals surface area contributed by atoms with Crippen molar-refractivity contribution in [2.24, 2.45) is 0 Å². The van der Waals surface area contributed by atoms with Crippen molar-refractivity contribution in [3.05, 3.63) is 57.6 Å². The third kappa shape index (κ3) is 4.54.